The Morgan fingerprint density at radius 3 is 2.71 bits per heavy atom. The second kappa shape index (κ2) is 6.41. The van der Waals surface area contributed by atoms with Crippen LogP contribution in [0.3, 0.4) is 0 Å². The van der Waals surface area contributed by atoms with Gasteiger partial charge >= 0.3 is 0 Å². The van der Waals surface area contributed by atoms with Gasteiger partial charge in [0.2, 0.25) is 0 Å². The molecule has 0 radical (unpaired) electrons. The lowest BCUT2D eigenvalue weighted by Crippen LogP contribution is -2.29. The molecule has 4 nitrogen and oxygen atoms in total. The molecule has 3 aromatic rings. The summed E-state index contributed by atoms with van der Waals surface area (Å²) in [4.78, 5) is 1.19. The predicted molar refractivity (Wildman–Crippen MR) is 86.7 cm³/mol. The fourth-order valence-electron chi connectivity index (χ4n) is 2.17. The Morgan fingerprint density at radius 1 is 1.24 bits per heavy atom. The fourth-order valence-corrected chi connectivity index (χ4v) is 3.31. The van der Waals surface area contributed by atoms with Crippen molar-refractivity contribution in [2.45, 2.75) is 12.5 Å². The minimum absolute atomic E-state index is 0.0113. The highest BCUT2D eigenvalue weighted by molar-refractivity contribution is 7.16. The molecule has 0 saturated heterocycles. The number of nitrogens with zero attached hydrogens (tertiary/aromatic N) is 2. The molecule has 0 bridgehead atoms. The summed E-state index contributed by atoms with van der Waals surface area (Å²) in [6.07, 6.45) is 4.62. The molecule has 0 saturated carbocycles. The highest BCUT2D eigenvalue weighted by Crippen LogP contribution is 2.26. The van der Waals surface area contributed by atoms with Gasteiger partial charge in [0.05, 0.1) is 22.3 Å². The van der Waals surface area contributed by atoms with Gasteiger partial charge in [0.15, 0.2) is 0 Å². The van der Waals surface area contributed by atoms with Crippen LogP contribution in [0.4, 0.5) is 0 Å². The summed E-state index contributed by atoms with van der Waals surface area (Å²) in [7, 11) is 0. The molecule has 108 valence electrons. The lowest BCUT2D eigenvalue weighted by molar-refractivity contribution is 0.555. The molecule has 0 fully saturated rings. The molecule has 2 aromatic heterocycles. The number of para-hydroxylation sites is 1. The quantitative estimate of drug-likeness (QED) is 0.560. The summed E-state index contributed by atoms with van der Waals surface area (Å²) in [5.41, 5.74) is 4.92. The molecule has 1 atom stereocenters. The molecule has 6 heteroatoms. The number of hydrogen-bond acceptors (Lipinski definition) is 4. The number of benzene rings is 1. The van der Waals surface area contributed by atoms with E-state index in [1.165, 1.54) is 4.88 Å². The van der Waals surface area contributed by atoms with Gasteiger partial charge in [-0.2, -0.15) is 5.10 Å². The second-order valence-electron chi connectivity index (χ2n) is 4.68. The van der Waals surface area contributed by atoms with Crippen molar-refractivity contribution in [3.63, 3.8) is 0 Å². The molecule has 0 amide bonds. The van der Waals surface area contributed by atoms with E-state index in [0.29, 0.717) is 0 Å². The normalized spacial score (nSPS) is 12.5. The summed E-state index contributed by atoms with van der Waals surface area (Å²) < 4.78 is 2.64. The Hall–Kier alpha value is -1.66. The van der Waals surface area contributed by atoms with E-state index in [0.717, 1.165) is 22.0 Å². The van der Waals surface area contributed by atoms with E-state index in [1.807, 2.05) is 59.5 Å². The molecule has 0 aliphatic heterocycles. The number of nitrogens with two attached hydrogens (primary N) is 1. The van der Waals surface area contributed by atoms with Crippen molar-refractivity contribution in [3.05, 3.63) is 69.6 Å². The highest BCUT2D eigenvalue weighted by atomic mass is 35.5. The first-order valence-corrected chi connectivity index (χ1v) is 7.76. The number of halogens is 1. The molecule has 3 N–H and O–H groups in total. The monoisotopic (exact) mass is 318 g/mol. The van der Waals surface area contributed by atoms with E-state index in [1.54, 1.807) is 11.3 Å². The average Bonchev–Trinajstić information content (AvgIpc) is 3.15. The number of hydrogen-bond donors (Lipinski definition) is 2. The number of nitrogens with one attached hydrogen (secondary N) is 1. The molecule has 0 aliphatic rings. The Morgan fingerprint density at radius 2 is 2.05 bits per heavy atom. The lowest BCUT2D eigenvalue weighted by atomic mass is 10.1. The Bertz CT molecular complexity index is 707. The molecule has 1 aromatic carbocycles. The Labute approximate surface area is 132 Å². The number of rotatable bonds is 5. The van der Waals surface area contributed by atoms with E-state index >= 15 is 0 Å². The Kier molecular flexibility index (Phi) is 4.36. The van der Waals surface area contributed by atoms with Gasteiger partial charge in [-0.05, 0) is 24.3 Å². The average molecular weight is 319 g/mol. The maximum Gasteiger partial charge on any atom is 0.0931 e. The zero-order valence-electron chi connectivity index (χ0n) is 11.2. The standard InChI is InChI=1S/C15H15ClN4S/c16-15-7-6-13(21-15)8-14(19-17)11-9-18-20(10-11)12-4-2-1-3-5-12/h1-7,9-10,14,19H,8,17H2. The van der Waals surface area contributed by atoms with Crippen LogP contribution >= 0.6 is 22.9 Å². The van der Waals surface area contributed by atoms with Crippen molar-refractivity contribution < 1.29 is 0 Å². The molecule has 0 spiro atoms. The molecule has 3 rings (SSSR count). The van der Waals surface area contributed by atoms with Gasteiger partial charge in [0.25, 0.3) is 0 Å². The summed E-state index contributed by atoms with van der Waals surface area (Å²) in [5, 5.41) is 4.40. The van der Waals surface area contributed by atoms with Crippen LogP contribution in [0.2, 0.25) is 4.34 Å². The summed E-state index contributed by atoms with van der Waals surface area (Å²) in [6, 6.07) is 13.9. The van der Waals surface area contributed by atoms with Gasteiger partial charge < -0.3 is 0 Å². The van der Waals surface area contributed by atoms with Crippen molar-refractivity contribution in [3.8, 4) is 5.69 Å². The minimum atomic E-state index is 0.0113. The van der Waals surface area contributed by atoms with Crippen molar-refractivity contribution in [2.75, 3.05) is 0 Å². The summed E-state index contributed by atoms with van der Waals surface area (Å²) >= 11 is 7.54. The van der Waals surface area contributed by atoms with Gasteiger partial charge in [-0.25, -0.2) is 4.68 Å². The smallest absolute Gasteiger partial charge is 0.0931 e. The molecule has 21 heavy (non-hydrogen) atoms. The fraction of sp³-hybridized carbons (Fsp3) is 0.133. The maximum atomic E-state index is 5.97. The van der Waals surface area contributed by atoms with Gasteiger partial charge in [0.1, 0.15) is 0 Å². The number of thiophene rings is 1. The SMILES string of the molecule is NNC(Cc1ccc(Cl)s1)c1cnn(-c2ccccc2)c1. The van der Waals surface area contributed by atoms with Gasteiger partial charge in [-0.15, -0.1) is 11.3 Å². The van der Waals surface area contributed by atoms with Crippen molar-refractivity contribution in [1.29, 1.82) is 0 Å². The van der Waals surface area contributed by atoms with Gasteiger partial charge in [0, 0.05) is 23.1 Å². The number of hydrazine groups is 1. The zero-order valence-corrected chi connectivity index (χ0v) is 12.8. The zero-order chi connectivity index (χ0) is 14.7. The second-order valence-corrected chi connectivity index (χ2v) is 6.48. The van der Waals surface area contributed by atoms with Crippen LogP contribution in [0.1, 0.15) is 16.5 Å². The van der Waals surface area contributed by atoms with E-state index < -0.39 is 0 Å². The molecule has 1 unspecified atom stereocenters. The van der Waals surface area contributed by atoms with E-state index in [9.17, 15) is 0 Å². The van der Waals surface area contributed by atoms with Crippen LogP contribution in [0.5, 0.6) is 0 Å². The number of aromatic nitrogens is 2. The van der Waals surface area contributed by atoms with E-state index in [-0.39, 0.29) is 6.04 Å². The summed E-state index contributed by atoms with van der Waals surface area (Å²) in [6.45, 7) is 0. The van der Waals surface area contributed by atoms with E-state index in [2.05, 4.69) is 10.5 Å². The third-order valence-electron chi connectivity index (χ3n) is 3.26. The van der Waals surface area contributed by atoms with Crippen molar-refractivity contribution in [1.82, 2.24) is 15.2 Å². The molecule has 0 aliphatic carbocycles. The Balaban J connectivity index is 1.80. The van der Waals surface area contributed by atoms with Gasteiger partial charge in [-0.1, -0.05) is 29.8 Å². The first-order valence-electron chi connectivity index (χ1n) is 6.56. The van der Waals surface area contributed by atoms with Crippen LogP contribution in [0.25, 0.3) is 5.69 Å². The van der Waals surface area contributed by atoms with Crippen LogP contribution in [-0.4, -0.2) is 9.78 Å². The molecule has 2 heterocycles. The molecular formula is C15H15ClN4S. The third-order valence-corrected chi connectivity index (χ3v) is 4.51. The maximum absolute atomic E-state index is 5.97. The van der Waals surface area contributed by atoms with Crippen LogP contribution in [0, 0.1) is 0 Å². The third kappa shape index (κ3) is 3.33. The first kappa shape index (κ1) is 14.3. The van der Waals surface area contributed by atoms with Crippen LogP contribution in [-0.2, 0) is 6.42 Å². The van der Waals surface area contributed by atoms with Gasteiger partial charge in [-0.3, -0.25) is 11.3 Å². The molecular weight excluding hydrogens is 304 g/mol. The first-order chi connectivity index (χ1) is 10.3. The largest absolute Gasteiger partial charge is 0.271 e. The highest BCUT2D eigenvalue weighted by Gasteiger charge is 2.14. The van der Waals surface area contributed by atoms with Crippen molar-refractivity contribution >= 4 is 22.9 Å². The van der Waals surface area contributed by atoms with Crippen LogP contribution in [0.15, 0.2) is 54.9 Å². The summed E-state index contributed by atoms with van der Waals surface area (Å²) in [5.74, 6) is 5.69. The van der Waals surface area contributed by atoms with Crippen LogP contribution < -0.4 is 11.3 Å². The van der Waals surface area contributed by atoms with Crippen molar-refractivity contribution in [2.24, 2.45) is 5.84 Å². The minimum Gasteiger partial charge on any atom is -0.271 e. The van der Waals surface area contributed by atoms with E-state index in [4.69, 9.17) is 17.4 Å². The predicted octanol–water partition coefficient (Wildman–Crippen LogP) is 3.33. The topological polar surface area (TPSA) is 55.9 Å². The lowest BCUT2D eigenvalue weighted by Gasteiger charge is -2.12.